The first-order valence-electron chi connectivity index (χ1n) is 8.96. The van der Waals surface area contributed by atoms with Crippen LogP contribution >= 0.6 is 15.9 Å². The highest BCUT2D eigenvalue weighted by Gasteiger charge is 2.36. The van der Waals surface area contributed by atoms with Crippen LogP contribution in [0.25, 0.3) is 0 Å². The van der Waals surface area contributed by atoms with Crippen LogP contribution in [0.3, 0.4) is 0 Å². The summed E-state index contributed by atoms with van der Waals surface area (Å²) in [6.07, 6.45) is 16.3. The molecule has 0 bridgehead atoms. The van der Waals surface area contributed by atoms with E-state index in [1.807, 2.05) is 0 Å². The Kier molecular flexibility index (Phi) is 16.9. The van der Waals surface area contributed by atoms with E-state index >= 15 is 0 Å². The Hall–Kier alpha value is 0.577. The molecule has 0 heterocycles. The summed E-state index contributed by atoms with van der Waals surface area (Å²) < 4.78 is 16.3. The van der Waals surface area contributed by atoms with E-state index in [-0.39, 0.29) is 0 Å². The average Bonchev–Trinajstić information content (AvgIpc) is 2.56. The lowest BCUT2D eigenvalue weighted by Gasteiger charge is -2.24. The summed E-state index contributed by atoms with van der Waals surface area (Å²) in [5.74, 6) is 0. The summed E-state index contributed by atoms with van der Waals surface area (Å²) in [4.78, 5) is 0. The Labute approximate surface area is 148 Å². The van der Waals surface area contributed by atoms with E-state index in [4.69, 9.17) is 13.3 Å². The van der Waals surface area contributed by atoms with Gasteiger partial charge in [0.25, 0.3) is 0 Å². The molecule has 0 saturated carbocycles. The molecule has 0 unspecified atom stereocenters. The zero-order valence-electron chi connectivity index (χ0n) is 15.0. The fourth-order valence-electron chi connectivity index (χ4n) is 2.76. The summed E-state index contributed by atoms with van der Waals surface area (Å²) in [7, 11) is 2.76. The van der Waals surface area contributed by atoms with Gasteiger partial charge in [-0.25, -0.2) is 0 Å². The van der Waals surface area contributed by atoms with Crippen LogP contribution in [0.5, 0.6) is 0 Å². The maximum atomic E-state index is 5.44. The second-order valence-electron chi connectivity index (χ2n) is 5.98. The van der Waals surface area contributed by atoms with Gasteiger partial charge in [0.2, 0.25) is 0 Å². The molecule has 5 heteroatoms. The molecule has 0 aromatic rings. The molecule has 0 saturated heterocycles. The number of halogens is 1. The minimum Gasteiger partial charge on any atom is -0.377 e. The Morgan fingerprint density at radius 2 is 0.864 bits per heavy atom. The topological polar surface area (TPSA) is 27.7 Å². The Morgan fingerprint density at radius 1 is 0.545 bits per heavy atom. The standard InChI is InChI=1S/C17H37BrO3Si/c1-19-22(20-2,21-3)17-15-13-11-9-7-5-4-6-8-10-12-14-16-18/h4-17H2,1-3H3. The van der Waals surface area contributed by atoms with Crippen LogP contribution in [-0.4, -0.2) is 35.5 Å². The van der Waals surface area contributed by atoms with Crippen LogP contribution in [0.15, 0.2) is 0 Å². The third kappa shape index (κ3) is 12.1. The molecule has 0 aliphatic heterocycles. The summed E-state index contributed by atoms with van der Waals surface area (Å²) >= 11 is 3.48. The number of alkyl halides is 1. The van der Waals surface area contributed by atoms with Crippen molar-refractivity contribution in [1.29, 1.82) is 0 Å². The molecule has 0 spiro atoms. The van der Waals surface area contributed by atoms with Crippen LogP contribution in [0.1, 0.15) is 77.0 Å². The van der Waals surface area contributed by atoms with Gasteiger partial charge in [0.15, 0.2) is 0 Å². The second-order valence-corrected chi connectivity index (χ2v) is 9.86. The second kappa shape index (κ2) is 16.4. The van der Waals surface area contributed by atoms with Crippen molar-refractivity contribution in [2.45, 2.75) is 83.1 Å². The third-order valence-electron chi connectivity index (χ3n) is 4.30. The molecule has 0 radical (unpaired) electrons. The summed E-state index contributed by atoms with van der Waals surface area (Å²) in [5.41, 5.74) is 0. The van der Waals surface area contributed by atoms with E-state index in [2.05, 4.69) is 15.9 Å². The predicted octanol–water partition coefficient (Wildman–Crippen LogP) is 5.94. The van der Waals surface area contributed by atoms with Gasteiger partial charge in [-0.3, -0.25) is 0 Å². The molecule has 0 aliphatic rings. The van der Waals surface area contributed by atoms with Crippen molar-refractivity contribution in [1.82, 2.24) is 0 Å². The van der Waals surface area contributed by atoms with Crippen molar-refractivity contribution in [3.05, 3.63) is 0 Å². The van der Waals surface area contributed by atoms with E-state index in [1.165, 1.54) is 70.6 Å². The molecular weight excluding hydrogens is 360 g/mol. The van der Waals surface area contributed by atoms with Gasteiger partial charge in [0, 0.05) is 32.7 Å². The molecule has 0 aromatic carbocycles. The van der Waals surface area contributed by atoms with Gasteiger partial charge in [-0.1, -0.05) is 80.1 Å². The van der Waals surface area contributed by atoms with Crippen LogP contribution in [0, 0.1) is 0 Å². The highest BCUT2D eigenvalue weighted by atomic mass is 79.9. The maximum Gasteiger partial charge on any atom is 0.500 e. The van der Waals surface area contributed by atoms with E-state index in [9.17, 15) is 0 Å². The van der Waals surface area contributed by atoms with Gasteiger partial charge in [-0.05, 0) is 12.8 Å². The summed E-state index contributed by atoms with van der Waals surface area (Å²) in [5, 5.41) is 1.16. The van der Waals surface area contributed by atoms with Gasteiger partial charge >= 0.3 is 8.80 Å². The van der Waals surface area contributed by atoms with E-state index < -0.39 is 8.80 Å². The lowest BCUT2D eigenvalue weighted by molar-refractivity contribution is 0.122. The predicted molar refractivity (Wildman–Crippen MR) is 101 cm³/mol. The Morgan fingerprint density at radius 3 is 1.18 bits per heavy atom. The zero-order valence-corrected chi connectivity index (χ0v) is 17.6. The first kappa shape index (κ1) is 22.6. The van der Waals surface area contributed by atoms with Gasteiger partial charge in [0.1, 0.15) is 0 Å². The van der Waals surface area contributed by atoms with Crippen molar-refractivity contribution in [3.8, 4) is 0 Å². The minimum absolute atomic E-state index is 0.935. The number of rotatable bonds is 17. The van der Waals surface area contributed by atoms with E-state index in [1.54, 1.807) is 21.3 Å². The molecule has 0 atom stereocenters. The quantitative estimate of drug-likeness (QED) is 0.173. The van der Waals surface area contributed by atoms with Gasteiger partial charge in [-0.2, -0.15) is 0 Å². The van der Waals surface area contributed by atoms with Crippen LogP contribution in [0.2, 0.25) is 6.04 Å². The third-order valence-corrected chi connectivity index (χ3v) is 7.69. The maximum absolute atomic E-state index is 5.44. The first-order valence-corrected chi connectivity index (χ1v) is 12.0. The fraction of sp³-hybridized carbons (Fsp3) is 1.00. The largest absolute Gasteiger partial charge is 0.500 e. The minimum atomic E-state index is -2.32. The average molecular weight is 397 g/mol. The molecule has 22 heavy (non-hydrogen) atoms. The van der Waals surface area contributed by atoms with Gasteiger partial charge < -0.3 is 13.3 Å². The van der Waals surface area contributed by atoms with Gasteiger partial charge in [0.05, 0.1) is 0 Å². The van der Waals surface area contributed by atoms with E-state index in [0.29, 0.717) is 0 Å². The molecule has 134 valence electrons. The van der Waals surface area contributed by atoms with Crippen LogP contribution in [0.4, 0.5) is 0 Å². The molecule has 0 amide bonds. The Balaban J connectivity index is 3.27. The molecule has 0 aromatic heterocycles. The van der Waals surface area contributed by atoms with Crippen LogP contribution in [-0.2, 0) is 13.3 Å². The lowest BCUT2D eigenvalue weighted by Crippen LogP contribution is -2.42. The fourth-order valence-corrected chi connectivity index (χ4v) is 4.95. The van der Waals surface area contributed by atoms with Crippen molar-refractivity contribution < 1.29 is 13.3 Å². The van der Waals surface area contributed by atoms with Crippen molar-refractivity contribution in [3.63, 3.8) is 0 Å². The van der Waals surface area contributed by atoms with Crippen molar-refractivity contribution in [2.24, 2.45) is 0 Å². The number of unbranched alkanes of at least 4 members (excludes halogenated alkanes) is 11. The smallest absolute Gasteiger partial charge is 0.377 e. The van der Waals surface area contributed by atoms with Crippen molar-refractivity contribution >= 4 is 24.7 Å². The summed E-state index contributed by atoms with van der Waals surface area (Å²) in [6, 6.07) is 0.935. The lowest BCUT2D eigenvalue weighted by atomic mass is 10.1. The zero-order chi connectivity index (χ0) is 16.5. The van der Waals surface area contributed by atoms with Crippen LogP contribution < -0.4 is 0 Å². The normalized spacial score (nSPS) is 12.0. The first-order chi connectivity index (χ1) is 10.7. The SMILES string of the molecule is CO[Si](CCCCCCCCCCCCCCBr)(OC)OC. The number of hydrogen-bond donors (Lipinski definition) is 0. The molecule has 0 aliphatic carbocycles. The molecule has 0 rings (SSSR count). The van der Waals surface area contributed by atoms with Gasteiger partial charge in [-0.15, -0.1) is 0 Å². The Bertz CT molecular complexity index is 218. The van der Waals surface area contributed by atoms with E-state index in [0.717, 1.165) is 17.8 Å². The number of hydrogen-bond acceptors (Lipinski definition) is 3. The van der Waals surface area contributed by atoms with Crippen molar-refractivity contribution in [2.75, 3.05) is 26.7 Å². The molecule has 0 fully saturated rings. The summed E-state index contributed by atoms with van der Waals surface area (Å²) in [6.45, 7) is 0. The highest BCUT2D eigenvalue weighted by molar-refractivity contribution is 9.09. The molecular formula is C17H37BrO3Si. The monoisotopic (exact) mass is 396 g/mol. The molecule has 0 N–H and O–H groups in total. The highest BCUT2D eigenvalue weighted by Crippen LogP contribution is 2.18. The molecule has 3 nitrogen and oxygen atoms in total.